The molecule has 0 radical (unpaired) electrons. The van der Waals surface area contributed by atoms with E-state index in [1.54, 1.807) is 12.1 Å². The maximum atomic E-state index is 12.3. The summed E-state index contributed by atoms with van der Waals surface area (Å²) in [5, 5.41) is 12.3. The molecule has 3 aromatic rings. The van der Waals surface area contributed by atoms with Crippen molar-refractivity contribution in [3.8, 4) is 11.5 Å². The SMILES string of the molecule is Cn1c(SCC(=O)Nc2ccc(Br)cc2Cl)nnc1C1COc2ccccc2O1. The summed E-state index contributed by atoms with van der Waals surface area (Å²) in [6.07, 6.45) is -0.368. The van der Waals surface area contributed by atoms with Crippen LogP contribution in [0.5, 0.6) is 11.5 Å². The zero-order valence-corrected chi connectivity index (χ0v) is 18.4. The van der Waals surface area contributed by atoms with Gasteiger partial charge in [-0.3, -0.25) is 4.79 Å². The van der Waals surface area contributed by atoms with Gasteiger partial charge >= 0.3 is 0 Å². The molecule has 1 aromatic heterocycles. The highest BCUT2D eigenvalue weighted by Gasteiger charge is 2.27. The molecule has 0 aliphatic carbocycles. The fraction of sp³-hybridized carbons (Fsp3) is 0.211. The molecule has 2 aromatic carbocycles. The van der Waals surface area contributed by atoms with Crippen molar-refractivity contribution in [3.63, 3.8) is 0 Å². The number of benzene rings is 2. The molecule has 150 valence electrons. The van der Waals surface area contributed by atoms with Crippen LogP contribution in [0.2, 0.25) is 5.02 Å². The van der Waals surface area contributed by atoms with Crippen LogP contribution in [0.15, 0.2) is 52.1 Å². The highest BCUT2D eigenvalue weighted by molar-refractivity contribution is 9.10. The third-order valence-corrected chi connectivity index (χ3v) is 6.03. The highest BCUT2D eigenvalue weighted by atomic mass is 79.9. The molecule has 1 N–H and O–H groups in total. The Morgan fingerprint density at radius 3 is 2.90 bits per heavy atom. The summed E-state index contributed by atoms with van der Waals surface area (Å²) in [7, 11) is 1.84. The van der Waals surface area contributed by atoms with Crippen molar-refractivity contribution < 1.29 is 14.3 Å². The van der Waals surface area contributed by atoms with Crippen LogP contribution < -0.4 is 14.8 Å². The molecule has 1 unspecified atom stereocenters. The lowest BCUT2D eigenvalue weighted by molar-refractivity contribution is -0.113. The number of nitrogens with zero attached hydrogens (tertiary/aromatic N) is 3. The molecule has 7 nitrogen and oxygen atoms in total. The maximum absolute atomic E-state index is 12.3. The first-order chi connectivity index (χ1) is 14.0. The van der Waals surface area contributed by atoms with Crippen molar-refractivity contribution in [2.75, 3.05) is 17.7 Å². The largest absolute Gasteiger partial charge is 0.485 e. The second-order valence-electron chi connectivity index (χ2n) is 6.23. The van der Waals surface area contributed by atoms with Crippen LogP contribution in [-0.2, 0) is 11.8 Å². The Hall–Kier alpha value is -2.23. The number of para-hydroxylation sites is 2. The fourth-order valence-corrected chi connectivity index (χ4v) is 4.23. The average Bonchev–Trinajstić information content (AvgIpc) is 3.08. The number of halogens is 2. The van der Waals surface area contributed by atoms with Crippen LogP contribution in [-0.4, -0.2) is 33.0 Å². The van der Waals surface area contributed by atoms with Crippen molar-refractivity contribution in [3.05, 3.63) is 57.8 Å². The number of fused-ring (bicyclic) bond motifs is 1. The molecule has 10 heteroatoms. The molecule has 29 heavy (non-hydrogen) atoms. The Bertz CT molecular complexity index is 1060. The van der Waals surface area contributed by atoms with Gasteiger partial charge in [-0.2, -0.15) is 0 Å². The number of carbonyl (C=O) groups is 1. The van der Waals surface area contributed by atoms with Gasteiger partial charge in [-0.05, 0) is 30.3 Å². The molecule has 0 saturated carbocycles. The third kappa shape index (κ3) is 4.52. The normalized spacial score (nSPS) is 15.2. The standard InChI is InChI=1S/C19H16BrClN4O3S/c1-25-18(16-9-27-14-4-2-3-5-15(14)28-16)23-24-19(25)29-10-17(26)22-13-7-6-11(20)8-12(13)21/h2-8,16H,9-10H2,1H3,(H,22,26). The summed E-state index contributed by atoms with van der Waals surface area (Å²) in [6.45, 7) is 0.343. The molecule has 4 rings (SSSR count). The Morgan fingerprint density at radius 1 is 1.31 bits per heavy atom. The van der Waals surface area contributed by atoms with E-state index >= 15 is 0 Å². The highest BCUT2D eigenvalue weighted by Crippen LogP contribution is 2.35. The number of carbonyl (C=O) groups excluding carboxylic acids is 1. The van der Waals surface area contributed by atoms with Crippen LogP contribution in [0.25, 0.3) is 0 Å². The van der Waals surface area contributed by atoms with Crippen molar-refractivity contribution in [1.29, 1.82) is 0 Å². The lowest BCUT2D eigenvalue weighted by Gasteiger charge is -2.25. The van der Waals surface area contributed by atoms with Crippen LogP contribution >= 0.6 is 39.3 Å². The summed E-state index contributed by atoms with van der Waals surface area (Å²) in [4.78, 5) is 12.3. The molecule has 1 aliphatic rings. The molecule has 1 atom stereocenters. The molecule has 2 heterocycles. The summed E-state index contributed by atoms with van der Waals surface area (Å²) in [5.74, 6) is 2.01. The Balaban J connectivity index is 1.38. The van der Waals surface area contributed by atoms with Crippen molar-refractivity contribution in [2.45, 2.75) is 11.3 Å². The zero-order valence-electron chi connectivity index (χ0n) is 15.3. The second kappa shape index (κ2) is 8.64. The van der Waals surface area contributed by atoms with Crippen molar-refractivity contribution in [2.24, 2.45) is 7.05 Å². The smallest absolute Gasteiger partial charge is 0.234 e. The van der Waals surface area contributed by atoms with Gasteiger partial charge in [0.05, 0.1) is 16.5 Å². The van der Waals surface area contributed by atoms with Gasteiger partial charge in [-0.1, -0.05) is 51.4 Å². The minimum Gasteiger partial charge on any atom is -0.485 e. The van der Waals surface area contributed by atoms with Crippen LogP contribution in [0, 0.1) is 0 Å². The number of hydrogen-bond acceptors (Lipinski definition) is 6. The van der Waals surface area contributed by atoms with E-state index in [2.05, 4.69) is 31.4 Å². The molecular formula is C19H16BrClN4O3S. The number of amides is 1. The summed E-state index contributed by atoms with van der Waals surface area (Å²) < 4.78 is 14.4. The second-order valence-corrected chi connectivity index (χ2v) is 8.49. The minimum absolute atomic E-state index is 0.170. The lowest BCUT2D eigenvalue weighted by atomic mass is 10.2. The molecule has 1 aliphatic heterocycles. The number of hydrogen-bond donors (Lipinski definition) is 1. The van der Waals surface area contributed by atoms with E-state index in [0.717, 1.165) is 4.47 Å². The number of ether oxygens (including phenoxy) is 2. The number of anilines is 1. The minimum atomic E-state index is -0.368. The van der Waals surface area contributed by atoms with Crippen LogP contribution in [0.1, 0.15) is 11.9 Å². The molecule has 1 amide bonds. The summed E-state index contributed by atoms with van der Waals surface area (Å²) in [6, 6.07) is 12.8. The fourth-order valence-electron chi connectivity index (χ4n) is 2.79. The Kier molecular flexibility index (Phi) is 5.98. The van der Waals surface area contributed by atoms with Crippen LogP contribution in [0.3, 0.4) is 0 Å². The average molecular weight is 496 g/mol. The van der Waals surface area contributed by atoms with Gasteiger partial charge in [-0.25, -0.2) is 0 Å². The molecule has 0 fully saturated rings. The van der Waals surface area contributed by atoms with E-state index in [1.165, 1.54) is 11.8 Å². The number of thioether (sulfide) groups is 1. The number of rotatable bonds is 5. The molecule has 0 saturated heterocycles. The van der Waals surface area contributed by atoms with Gasteiger partial charge in [-0.15, -0.1) is 10.2 Å². The first-order valence-electron chi connectivity index (χ1n) is 8.67. The predicted molar refractivity (Wildman–Crippen MR) is 115 cm³/mol. The first-order valence-corrected chi connectivity index (χ1v) is 10.8. The summed E-state index contributed by atoms with van der Waals surface area (Å²) in [5.41, 5.74) is 0.561. The first kappa shape index (κ1) is 20.1. The summed E-state index contributed by atoms with van der Waals surface area (Å²) >= 11 is 10.8. The maximum Gasteiger partial charge on any atom is 0.234 e. The topological polar surface area (TPSA) is 78.3 Å². The number of nitrogens with one attached hydrogen (secondary N) is 1. The van der Waals surface area contributed by atoms with E-state index in [9.17, 15) is 4.79 Å². The van der Waals surface area contributed by atoms with E-state index < -0.39 is 0 Å². The van der Waals surface area contributed by atoms with Crippen molar-refractivity contribution in [1.82, 2.24) is 14.8 Å². The van der Waals surface area contributed by atoms with Gasteiger partial charge in [0.2, 0.25) is 5.91 Å². The monoisotopic (exact) mass is 494 g/mol. The van der Waals surface area contributed by atoms with Gasteiger partial charge in [0.1, 0.15) is 6.61 Å². The van der Waals surface area contributed by atoms with E-state index in [1.807, 2.05) is 41.9 Å². The zero-order chi connectivity index (χ0) is 20.4. The van der Waals surface area contributed by atoms with Gasteiger partial charge in [0.15, 0.2) is 28.6 Å². The van der Waals surface area contributed by atoms with E-state index in [0.29, 0.717) is 39.8 Å². The Morgan fingerprint density at radius 2 is 2.10 bits per heavy atom. The molecule has 0 spiro atoms. The van der Waals surface area contributed by atoms with Crippen LogP contribution in [0.4, 0.5) is 5.69 Å². The van der Waals surface area contributed by atoms with Gasteiger partial charge in [0.25, 0.3) is 0 Å². The third-order valence-electron chi connectivity index (χ3n) is 4.20. The molecule has 0 bridgehead atoms. The predicted octanol–water partition coefficient (Wildman–Crippen LogP) is 4.47. The lowest BCUT2D eigenvalue weighted by Crippen LogP contribution is -2.24. The van der Waals surface area contributed by atoms with E-state index in [4.69, 9.17) is 21.1 Å². The van der Waals surface area contributed by atoms with Gasteiger partial charge < -0.3 is 19.4 Å². The van der Waals surface area contributed by atoms with Crippen molar-refractivity contribution >= 4 is 50.9 Å². The molecular weight excluding hydrogens is 480 g/mol. The van der Waals surface area contributed by atoms with E-state index in [-0.39, 0.29) is 17.8 Å². The van der Waals surface area contributed by atoms with Gasteiger partial charge in [0, 0.05) is 11.5 Å². The quantitative estimate of drug-likeness (QED) is 0.526. The number of aromatic nitrogens is 3. The Labute approximate surface area is 184 Å².